The Bertz CT molecular complexity index is 661. The van der Waals surface area contributed by atoms with Crippen LogP contribution >= 0.6 is 11.8 Å². The number of thioether (sulfide) groups is 1. The van der Waals surface area contributed by atoms with Crippen LogP contribution < -0.4 is 5.73 Å². The molecular formula is C11H13N7S. The molecule has 3 heterocycles. The summed E-state index contributed by atoms with van der Waals surface area (Å²) in [5.74, 6) is 1.40. The maximum Gasteiger partial charge on any atom is 0.165 e. The van der Waals surface area contributed by atoms with Gasteiger partial charge in [-0.25, -0.2) is 19.9 Å². The van der Waals surface area contributed by atoms with Gasteiger partial charge in [0.2, 0.25) is 0 Å². The monoisotopic (exact) mass is 275 g/mol. The van der Waals surface area contributed by atoms with Crippen LogP contribution in [0.2, 0.25) is 0 Å². The number of fused-ring (bicyclic) bond motifs is 1. The highest BCUT2D eigenvalue weighted by molar-refractivity contribution is 7.99. The highest BCUT2D eigenvalue weighted by Crippen LogP contribution is 2.16. The summed E-state index contributed by atoms with van der Waals surface area (Å²) in [6.07, 6.45) is 7.80. The van der Waals surface area contributed by atoms with Gasteiger partial charge in [-0.05, 0) is 6.42 Å². The fourth-order valence-corrected chi connectivity index (χ4v) is 2.55. The van der Waals surface area contributed by atoms with Gasteiger partial charge in [-0.3, -0.25) is 0 Å². The van der Waals surface area contributed by atoms with E-state index in [4.69, 9.17) is 5.73 Å². The predicted molar refractivity (Wildman–Crippen MR) is 73.7 cm³/mol. The van der Waals surface area contributed by atoms with E-state index >= 15 is 0 Å². The number of aryl methyl sites for hydroxylation is 1. The zero-order valence-electron chi connectivity index (χ0n) is 10.2. The average Bonchev–Trinajstić information content (AvgIpc) is 3.05. The molecule has 19 heavy (non-hydrogen) atoms. The molecule has 7 nitrogen and oxygen atoms in total. The van der Waals surface area contributed by atoms with E-state index in [-0.39, 0.29) is 0 Å². The minimum atomic E-state index is 0.425. The lowest BCUT2D eigenvalue weighted by Crippen LogP contribution is -2.00. The maximum atomic E-state index is 5.75. The lowest BCUT2D eigenvalue weighted by molar-refractivity contribution is 0.696. The van der Waals surface area contributed by atoms with Gasteiger partial charge in [0.05, 0.1) is 6.33 Å². The summed E-state index contributed by atoms with van der Waals surface area (Å²) in [5.41, 5.74) is 7.20. The second kappa shape index (κ2) is 5.27. The van der Waals surface area contributed by atoms with Crippen molar-refractivity contribution < 1.29 is 0 Å². The standard InChI is InChI=1S/C11H13N7S/c12-9-8-10(16-6-15-9)18(7-17-8)4-1-5-19-11-13-2-3-14-11/h2-3,6-7H,1,4-5H2,(H,13,14)(H2,12,15,16). The van der Waals surface area contributed by atoms with Crippen LogP contribution in [-0.4, -0.2) is 35.2 Å². The molecule has 0 aliphatic rings. The van der Waals surface area contributed by atoms with Crippen LogP contribution in [0.15, 0.2) is 30.2 Å². The van der Waals surface area contributed by atoms with E-state index in [1.807, 2.05) is 10.8 Å². The lowest BCUT2D eigenvalue weighted by Gasteiger charge is -2.02. The first-order valence-corrected chi connectivity index (χ1v) is 6.86. The molecular weight excluding hydrogens is 262 g/mol. The van der Waals surface area contributed by atoms with Crippen molar-refractivity contribution in [2.24, 2.45) is 0 Å². The Balaban J connectivity index is 1.61. The highest BCUT2D eigenvalue weighted by Gasteiger charge is 2.07. The molecule has 3 aromatic rings. The van der Waals surface area contributed by atoms with Gasteiger partial charge >= 0.3 is 0 Å². The SMILES string of the molecule is Nc1ncnc2c1ncn2CCCSc1ncc[nH]1. The zero-order chi connectivity index (χ0) is 13.1. The summed E-state index contributed by atoms with van der Waals surface area (Å²) in [7, 11) is 0. The van der Waals surface area contributed by atoms with E-state index < -0.39 is 0 Å². The number of aromatic amines is 1. The van der Waals surface area contributed by atoms with Gasteiger partial charge in [0, 0.05) is 24.7 Å². The van der Waals surface area contributed by atoms with Gasteiger partial charge in [0.15, 0.2) is 16.6 Å². The van der Waals surface area contributed by atoms with Gasteiger partial charge < -0.3 is 15.3 Å². The fraction of sp³-hybridized carbons (Fsp3) is 0.273. The largest absolute Gasteiger partial charge is 0.382 e. The number of nitrogens with zero attached hydrogens (tertiary/aromatic N) is 5. The van der Waals surface area contributed by atoms with Gasteiger partial charge in [0.25, 0.3) is 0 Å². The number of nitrogens with two attached hydrogens (primary N) is 1. The van der Waals surface area contributed by atoms with E-state index in [2.05, 4.69) is 24.9 Å². The van der Waals surface area contributed by atoms with Crippen molar-refractivity contribution in [3.63, 3.8) is 0 Å². The van der Waals surface area contributed by atoms with Crippen molar-refractivity contribution in [1.29, 1.82) is 0 Å². The van der Waals surface area contributed by atoms with Gasteiger partial charge in [-0.15, -0.1) is 0 Å². The number of hydrogen-bond acceptors (Lipinski definition) is 6. The number of rotatable bonds is 5. The number of H-pyrrole nitrogens is 1. The van der Waals surface area contributed by atoms with Crippen LogP contribution in [0.1, 0.15) is 6.42 Å². The van der Waals surface area contributed by atoms with Crippen LogP contribution in [0, 0.1) is 0 Å². The van der Waals surface area contributed by atoms with Crippen molar-refractivity contribution in [1.82, 2.24) is 29.5 Å². The number of nitrogens with one attached hydrogen (secondary N) is 1. The van der Waals surface area contributed by atoms with Crippen LogP contribution in [-0.2, 0) is 6.54 Å². The van der Waals surface area contributed by atoms with Crippen molar-refractivity contribution >= 4 is 28.7 Å². The molecule has 0 aliphatic heterocycles. The Labute approximate surface area is 113 Å². The first kappa shape index (κ1) is 12.0. The van der Waals surface area contributed by atoms with Crippen molar-refractivity contribution in [3.8, 4) is 0 Å². The minimum absolute atomic E-state index is 0.425. The molecule has 0 unspecified atom stereocenters. The molecule has 3 rings (SSSR count). The van der Waals surface area contributed by atoms with Gasteiger partial charge in [-0.1, -0.05) is 11.8 Å². The molecule has 0 spiro atoms. The lowest BCUT2D eigenvalue weighted by atomic mass is 10.4. The molecule has 0 saturated heterocycles. The van der Waals surface area contributed by atoms with Crippen molar-refractivity contribution in [2.75, 3.05) is 11.5 Å². The van der Waals surface area contributed by atoms with Gasteiger partial charge in [0.1, 0.15) is 11.8 Å². The Morgan fingerprint density at radius 3 is 3.05 bits per heavy atom. The molecule has 0 amide bonds. The third kappa shape index (κ3) is 2.53. The zero-order valence-corrected chi connectivity index (χ0v) is 11.0. The Morgan fingerprint density at radius 2 is 2.21 bits per heavy atom. The summed E-state index contributed by atoms with van der Waals surface area (Å²) < 4.78 is 2.00. The van der Waals surface area contributed by atoms with Crippen LogP contribution in [0.25, 0.3) is 11.2 Å². The second-order valence-corrected chi connectivity index (χ2v) is 5.05. The number of imidazole rings is 2. The predicted octanol–water partition coefficient (Wildman–Crippen LogP) is 1.31. The molecule has 0 fully saturated rings. The normalized spacial score (nSPS) is 11.2. The first-order chi connectivity index (χ1) is 9.34. The molecule has 3 aromatic heterocycles. The first-order valence-electron chi connectivity index (χ1n) is 5.88. The molecule has 0 atom stereocenters. The number of nitrogen functional groups attached to an aromatic ring is 1. The topological polar surface area (TPSA) is 98.3 Å². The van der Waals surface area contributed by atoms with E-state index in [1.54, 1.807) is 24.3 Å². The number of anilines is 1. The molecule has 0 radical (unpaired) electrons. The van der Waals surface area contributed by atoms with Crippen molar-refractivity contribution in [2.45, 2.75) is 18.1 Å². The van der Waals surface area contributed by atoms with Crippen LogP contribution in [0.5, 0.6) is 0 Å². The van der Waals surface area contributed by atoms with E-state index in [1.165, 1.54) is 6.33 Å². The Morgan fingerprint density at radius 1 is 1.26 bits per heavy atom. The molecule has 98 valence electrons. The smallest absolute Gasteiger partial charge is 0.165 e. The van der Waals surface area contributed by atoms with Crippen LogP contribution in [0.3, 0.4) is 0 Å². The summed E-state index contributed by atoms with van der Waals surface area (Å²) in [6, 6.07) is 0. The minimum Gasteiger partial charge on any atom is -0.382 e. The third-order valence-electron chi connectivity index (χ3n) is 2.68. The van der Waals surface area contributed by atoms with E-state index in [9.17, 15) is 0 Å². The molecule has 0 aliphatic carbocycles. The maximum absolute atomic E-state index is 5.75. The highest BCUT2D eigenvalue weighted by atomic mass is 32.2. The Hall–Kier alpha value is -2.09. The van der Waals surface area contributed by atoms with E-state index in [0.29, 0.717) is 11.3 Å². The molecule has 0 bridgehead atoms. The molecule has 0 saturated carbocycles. The summed E-state index contributed by atoms with van der Waals surface area (Å²) in [5, 5.41) is 0.946. The number of hydrogen-bond donors (Lipinski definition) is 2. The van der Waals surface area contributed by atoms with Crippen LogP contribution in [0.4, 0.5) is 5.82 Å². The molecule has 8 heteroatoms. The quantitative estimate of drug-likeness (QED) is 0.538. The fourth-order valence-electron chi connectivity index (χ4n) is 1.80. The summed E-state index contributed by atoms with van der Waals surface area (Å²) >= 11 is 1.70. The van der Waals surface area contributed by atoms with E-state index in [0.717, 1.165) is 29.5 Å². The summed E-state index contributed by atoms with van der Waals surface area (Å²) in [4.78, 5) is 19.6. The van der Waals surface area contributed by atoms with Crippen molar-refractivity contribution in [3.05, 3.63) is 25.0 Å². The second-order valence-electron chi connectivity index (χ2n) is 3.97. The summed E-state index contributed by atoms with van der Waals surface area (Å²) in [6.45, 7) is 0.848. The molecule has 0 aromatic carbocycles. The van der Waals surface area contributed by atoms with Gasteiger partial charge in [-0.2, -0.15) is 0 Å². The number of aromatic nitrogens is 6. The molecule has 3 N–H and O–H groups in total. The average molecular weight is 275 g/mol. The Kier molecular flexibility index (Phi) is 3.32. The third-order valence-corrected chi connectivity index (χ3v) is 3.67.